The second kappa shape index (κ2) is 12.3. The van der Waals surface area contributed by atoms with Crippen LogP contribution < -0.4 is 14.9 Å². The van der Waals surface area contributed by atoms with Gasteiger partial charge in [0, 0.05) is 12.1 Å². The normalized spacial score (nSPS) is 15.0. The van der Waals surface area contributed by atoms with E-state index in [1.54, 1.807) is 48.8 Å². The zero-order valence-electron chi connectivity index (χ0n) is 24.7. The van der Waals surface area contributed by atoms with Crippen LogP contribution in [0.25, 0.3) is 17.4 Å². The van der Waals surface area contributed by atoms with Crippen LogP contribution >= 0.6 is 11.3 Å². The van der Waals surface area contributed by atoms with Crippen LogP contribution in [0.4, 0.5) is 5.69 Å². The number of hydrogen-bond donors (Lipinski definition) is 0. The molecule has 2 aromatic carbocycles. The monoisotopic (exact) mass is 599 g/mol. The highest BCUT2D eigenvalue weighted by Crippen LogP contribution is 2.34. The van der Waals surface area contributed by atoms with E-state index in [1.165, 1.54) is 17.4 Å². The van der Waals surface area contributed by atoms with E-state index in [2.05, 4.69) is 13.8 Å². The third-order valence-corrected chi connectivity index (χ3v) is 8.31. The Morgan fingerprint density at radius 2 is 1.91 bits per heavy atom. The zero-order valence-corrected chi connectivity index (χ0v) is 25.6. The summed E-state index contributed by atoms with van der Waals surface area (Å²) < 4.78 is 13.4. The Morgan fingerprint density at radius 1 is 1.16 bits per heavy atom. The number of rotatable bonds is 9. The molecule has 0 amide bonds. The first-order valence-corrected chi connectivity index (χ1v) is 15.1. The lowest BCUT2D eigenvalue weighted by molar-refractivity contribution is -0.384. The number of benzene rings is 2. The van der Waals surface area contributed by atoms with Crippen molar-refractivity contribution in [2.24, 2.45) is 4.99 Å². The number of aromatic nitrogens is 1. The average molecular weight is 600 g/mol. The van der Waals surface area contributed by atoms with E-state index < -0.39 is 16.9 Å². The molecule has 5 rings (SSSR count). The maximum absolute atomic E-state index is 14.0. The predicted octanol–water partition coefficient (Wildman–Crippen LogP) is 6.18. The number of carbonyl (C=O) groups is 1. The van der Waals surface area contributed by atoms with Crippen LogP contribution in [0.3, 0.4) is 0 Å². The van der Waals surface area contributed by atoms with Crippen LogP contribution in [0.15, 0.2) is 80.1 Å². The SMILES string of the molecule is CCCC1=C(C(=O)OCC)[C@@H](c2ccc(C(C)C)cc2)n2c(s/c(=C\c3ccc(-c4ccc(C)cc4[N+](=O)[O-])o3)c2=O)=N1. The van der Waals surface area contributed by atoms with Crippen LogP contribution in [0.5, 0.6) is 0 Å². The lowest BCUT2D eigenvalue weighted by atomic mass is 9.92. The number of allylic oxidation sites excluding steroid dienone is 1. The van der Waals surface area contributed by atoms with Gasteiger partial charge in [0.05, 0.1) is 38.9 Å². The molecule has 0 aliphatic carbocycles. The molecule has 9 nitrogen and oxygen atoms in total. The number of hydrogen-bond acceptors (Lipinski definition) is 8. The van der Waals surface area contributed by atoms with Gasteiger partial charge >= 0.3 is 5.97 Å². The largest absolute Gasteiger partial charge is 0.463 e. The van der Waals surface area contributed by atoms with Gasteiger partial charge in [-0.3, -0.25) is 19.5 Å². The molecule has 1 aliphatic rings. The van der Waals surface area contributed by atoms with Gasteiger partial charge in [0.1, 0.15) is 11.5 Å². The van der Waals surface area contributed by atoms with Crippen LogP contribution in [0.1, 0.15) is 74.9 Å². The molecule has 0 bridgehead atoms. The lowest BCUT2D eigenvalue weighted by Gasteiger charge is -2.26. The first-order chi connectivity index (χ1) is 20.6. The average Bonchev–Trinajstić information content (AvgIpc) is 3.56. The van der Waals surface area contributed by atoms with Crippen molar-refractivity contribution in [1.82, 2.24) is 4.57 Å². The Labute approximate surface area is 252 Å². The number of nitrogens with zero attached hydrogens (tertiary/aromatic N) is 3. The Kier molecular flexibility index (Phi) is 8.59. The first-order valence-electron chi connectivity index (χ1n) is 14.3. The molecule has 0 unspecified atom stereocenters. The maximum Gasteiger partial charge on any atom is 0.338 e. The molecule has 43 heavy (non-hydrogen) atoms. The smallest absolute Gasteiger partial charge is 0.338 e. The molecule has 3 heterocycles. The van der Waals surface area contributed by atoms with Gasteiger partial charge in [-0.25, -0.2) is 9.79 Å². The van der Waals surface area contributed by atoms with Gasteiger partial charge < -0.3 is 9.15 Å². The van der Waals surface area contributed by atoms with E-state index in [9.17, 15) is 19.7 Å². The van der Waals surface area contributed by atoms with Crippen molar-refractivity contribution in [1.29, 1.82) is 0 Å². The van der Waals surface area contributed by atoms with Crippen molar-refractivity contribution in [2.45, 2.75) is 59.4 Å². The molecule has 2 aromatic heterocycles. The molecule has 0 N–H and O–H groups in total. The molecule has 1 aliphatic heterocycles. The van der Waals surface area contributed by atoms with Crippen molar-refractivity contribution in [2.75, 3.05) is 6.61 Å². The third kappa shape index (κ3) is 5.87. The molecular weight excluding hydrogens is 566 g/mol. The molecule has 10 heteroatoms. The quantitative estimate of drug-likeness (QED) is 0.129. The Morgan fingerprint density at radius 3 is 2.56 bits per heavy atom. The van der Waals surface area contributed by atoms with Gasteiger partial charge in [0.25, 0.3) is 11.2 Å². The fourth-order valence-corrected chi connectivity index (χ4v) is 6.20. The molecule has 222 valence electrons. The summed E-state index contributed by atoms with van der Waals surface area (Å²) in [5, 5.41) is 11.7. The highest BCUT2D eigenvalue weighted by atomic mass is 32.1. The fourth-order valence-electron chi connectivity index (χ4n) is 5.20. The number of furan rings is 1. The van der Waals surface area contributed by atoms with Gasteiger partial charge in [-0.2, -0.15) is 0 Å². The van der Waals surface area contributed by atoms with Crippen molar-refractivity contribution in [3.05, 3.63) is 118 Å². The number of esters is 1. The van der Waals surface area contributed by atoms with Crippen molar-refractivity contribution < 1.29 is 18.9 Å². The molecule has 1 atom stereocenters. The standard InChI is InChI=1S/C33H33N3O6S/c1-6-8-25-29(32(38)41-7-2)30(22-12-10-21(11-13-22)19(3)4)35-31(37)28(43-33(35)34-25)18-23-14-16-27(42-23)24-15-9-20(5)17-26(24)36(39)40/h9-19,30H,6-8H2,1-5H3/b28-18-/t30-/m1/s1. The predicted molar refractivity (Wildman–Crippen MR) is 166 cm³/mol. The minimum Gasteiger partial charge on any atom is -0.463 e. The van der Waals surface area contributed by atoms with E-state index >= 15 is 0 Å². The van der Waals surface area contributed by atoms with Gasteiger partial charge in [0.15, 0.2) is 4.80 Å². The van der Waals surface area contributed by atoms with Crippen LogP contribution in [-0.2, 0) is 9.53 Å². The minimum absolute atomic E-state index is 0.0568. The summed E-state index contributed by atoms with van der Waals surface area (Å²) in [5.41, 5.74) is 3.65. The Bertz CT molecular complexity index is 1910. The third-order valence-electron chi connectivity index (χ3n) is 7.33. The molecular formula is C33H33N3O6S. The summed E-state index contributed by atoms with van der Waals surface area (Å²) in [5.74, 6) is 0.526. The number of ether oxygens (including phenoxy) is 1. The lowest BCUT2D eigenvalue weighted by Crippen LogP contribution is -2.40. The summed E-state index contributed by atoms with van der Waals surface area (Å²) >= 11 is 1.21. The maximum atomic E-state index is 14.0. The molecule has 4 aromatic rings. The second-order valence-corrected chi connectivity index (χ2v) is 11.7. The van der Waals surface area contributed by atoms with Crippen molar-refractivity contribution in [3.63, 3.8) is 0 Å². The number of aryl methyl sites for hydroxylation is 1. The highest BCUT2D eigenvalue weighted by Gasteiger charge is 2.34. The van der Waals surface area contributed by atoms with E-state index in [-0.39, 0.29) is 17.9 Å². The minimum atomic E-state index is -0.706. The summed E-state index contributed by atoms with van der Waals surface area (Å²) in [7, 11) is 0. The van der Waals surface area contributed by atoms with Crippen molar-refractivity contribution >= 4 is 29.1 Å². The van der Waals surface area contributed by atoms with Gasteiger partial charge in [-0.15, -0.1) is 0 Å². The molecule has 0 radical (unpaired) electrons. The summed E-state index contributed by atoms with van der Waals surface area (Å²) in [6.45, 7) is 9.97. The van der Waals surface area contributed by atoms with Crippen LogP contribution in [0, 0.1) is 17.0 Å². The van der Waals surface area contributed by atoms with Crippen molar-refractivity contribution in [3.8, 4) is 11.3 Å². The number of nitro benzene ring substituents is 1. The number of carbonyl (C=O) groups excluding carboxylic acids is 1. The highest BCUT2D eigenvalue weighted by molar-refractivity contribution is 7.07. The number of fused-ring (bicyclic) bond motifs is 1. The van der Waals surface area contributed by atoms with E-state index in [1.807, 2.05) is 31.2 Å². The van der Waals surface area contributed by atoms with E-state index in [0.29, 0.717) is 50.0 Å². The Balaban J connectivity index is 1.66. The molecule has 0 saturated heterocycles. The topological polar surface area (TPSA) is 117 Å². The van der Waals surface area contributed by atoms with E-state index in [4.69, 9.17) is 14.1 Å². The van der Waals surface area contributed by atoms with Crippen LogP contribution in [0.2, 0.25) is 0 Å². The molecule has 0 saturated carbocycles. The Hall–Kier alpha value is -4.57. The van der Waals surface area contributed by atoms with Gasteiger partial charge in [0.2, 0.25) is 0 Å². The van der Waals surface area contributed by atoms with Crippen LogP contribution in [-0.4, -0.2) is 22.1 Å². The first kappa shape index (κ1) is 29.9. The van der Waals surface area contributed by atoms with E-state index in [0.717, 1.165) is 23.1 Å². The fraction of sp³-hybridized carbons (Fsp3) is 0.303. The number of nitro groups is 1. The zero-order chi connectivity index (χ0) is 30.8. The summed E-state index contributed by atoms with van der Waals surface area (Å²) in [6, 6.07) is 15.5. The summed E-state index contributed by atoms with van der Waals surface area (Å²) in [4.78, 5) is 43.9. The summed E-state index contributed by atoms with van der Waals surface area (Å²) in [6.07, 6.45) is 2.92. The van der Waals surface area contributed by atoms with Gasteiger partial charge in [-0.05, 0) is 61.1 Å². The number of thiazole rings is 1. The second-order valence-electron chi connectivity index (χ2n) is 10.7. The molecule has 0 fully saturated rings. The van der Waals surface area contributed by atoms with Gasteiger partial charge in [-0.1, -0.05) is 68.9 Å². The molecule has 0 spiro atoms.